The highest BCUT2D eigenvalue weighted by Gasteiger charge is 2.30. The lowest BCUT2D eigenvalue weighted by atomic mass is 9.92. The molecule has 122 valence electrons. The lowest BCUT2D eigenvalue weighted by molar-refractivity contribution is -0.153. The van der Waals surface area contributed by atoms with Crippen molar-refractivity contribution in [2.75, 3.05) is 19.8 Å². The maximum absolute atomic E-state index is 11.9. The molecule has 0 aromatic heterocycles. The van der Waals surface area contributed by atoms with E-state index < -0.39 is 12.1 Å². The Balaban J connectivity index is 2.56. The summed E-state index contributed by atoms with van der Waals surface area (Å²) in [4.78, 5) is 11.9. The van der Waals surface area contributed by atoms with Gasteiger partial charge < -0.3 is 19.3 Å². The maximum Gasteiger partial charge on any atom is 0.339 e. The molecule has 0 fully saturated rings. The Bertz CT molecular complexity index is 556. The summed E-state index contributed by atoms with van der Waals surface area (Å²) in [6.45, 7) is 6.82. The van der Waals surface area contributed by atoms with Crippen LogP contribution in [0.4, 0.5) is 0 Å². The standard InChI is InChI=1S/C16H21ClO5/c1-4-20-16(19)13(18)10-8-11(17)14-15(12(10)9(2)3)22-7-5-6-21-14/h8-9,13,18H,4-7H2,1-3H3. The van der Waals surface area contributed by atoms with Gasteiger partial charge >= 0.3 is 5.97 Å². The summed E-state index contributed by atoms with van der Waals surface area (Å²) in [5.74, 6) is 0.308. The first-order chi connectivity index (χ1) is 10.5. The molecule has 0 saturated heterocycles. The number of halogens is 1. The third kappa shape index (κ3) is 3.31. The molecule has 1 N–H and O–H groups in total. The first-order valence-electron chi connectivity index (χ1n) is 7.43. The minimum atomic E-state index is -1.40. The van der Waals surface area contributed by atoms with Gasteiger partial charge in [-0.3, -0.25) is 0 Å². The molecule has 1 aliphatic heterocycles. The fourth-order valence-electron chi connectivity index (χ4n) is 2.50. The molecule has 0 saturated carbocycles. The molecule has 0 radical (unpaired) electrons. The topological polar surface area (TPSA) is 65.0 Å². The average molecular weight is 329 g/mol. The quantitative estimate of drug-likeness (QED) is 0.860. The Kier molecular flexibility index (Phi) is 5.53. The van der Waals surface area contributed by atoms with E-state index in [2.05, 4.69) is 0 Å². The number of carbonyl (C=O) groups is 1. The van der Waals surface area contributed by atoms with E-state index in [-0.39, 0.29) is 12.5 Å². The van der Waals surface area contributed by atoms with Crippen molar-refractivity contribution in [3.05, 3.63) is 22.2 Å². The van der Waals surface area contributed by atoms with Gasteiger partial charge in [-0.1, -0.05) is 25.4 Å². The molecule has 2 rings (SSSR count). The monoisotopic (exact) mass is 328 g/mol. The smallest absolute Gasteiger partial charge is 0.339 e. The van der Waals surface area contributed by atoms with Crippen molar-refractivity contribution in [1.29, 1.82) is 0 Å². The van der Waals surface area contributed by atoms with Gasteiger partial charge in [-0.05, 0) is 18.9 Å². The molecular weight excluding hydrogens is 308 g/mol. The third-order valence-corrected chi connectivity index (χ3v) is 3.71. The zero-order valence-corrected chi connectivity index (χ0v) is 13.8. The zero-order valence-electron chi connectivity index (χ0n) is 13.0. The van der Waals surface area contributed by atoms with Crippen molar-refractivity contribution in [3.8, 4) is 11.5 Å². The van der Waals surface area contributed by atoms with Crippen molar-refractivity contribution in [3.63, 3.8) is 0 Å². The van der Waals surface area contributed by atoms with Gasteiger partial charge in [0.2, 0.25) is 0 Å². The van der Waals surface area contributed by atoms with Crippen LogP contribution < -0.4 is 9.47 Å². The lowest BCUT2D eigenvalue weighted by Crippen LogP contribution is -2.18. The van der Waals surface area contributed by atoms with Crippen molar-refractivity contribution in [1.82, 2.24) is 0 Å². The van der Waals surface area contributed by atoms with Crippen LogP contribution in [-0.2, 0) is 9.53 Å². The molecule has 1 unspecified atom stereocenters. The SMILES string of the molecule is CCOC(=O)C(O)c1cc(Cl)c2c(c1C(C)C)OCCCO2. The minimum Gasteiger partial charge on any atom is -0.489 e. The Hall–Kier alpha value is -1.46. The number of carbonyl (C=O) groups excluding carboxylic acids is 1. The molecule has 0 aliphatic carbocycles. The summed E-state index contributed by atoms with van der Waals surface area (Å²) in [6.07, 6.45) is -0.648. The highest BCUT2D eigenvalue weighted by Crippen LogP contribution is 2.46. The van der Waals surface area contributed by atoms with E-state index in [4.69, 9.17) is 25.8 Å². The summed E-state index contributed by atoms with van der Waals surface area (Å²) in [7, 11) is 0. The van der Waals surface area contributed by atoms with Crippen LogP contribution in [0, 0.1) is 0 Å². The van der Waals surface area contributed by atoms with Crippen LogP contribution in [0.25, 0.3) is 0 Å². The third-order valence-electron chi connectivity index (χ3n) is 3.42. The molecule has 5 nitrogen and oxygen atoms in total. The molecule has 22 heavy (non-hydrogen) atoms. The average Bonchev–Trinajstić information content (AvgIpc) is 2.72. The van der Waals surface area contributed by atoms with Crippen LogP contribution in [0.5, 0.6) is 11.5 Å². The maximum atomic E-state index is 11.9. The van der Waals surface area contributed by atoms with Crippen LogP contribution in [-0.4, -0.2) is 30.9 Å². The van der Waals surface area contributed by atoms with Crippen molar-refractivity contribution in [2.45, 2.75) is 39.2 Å². The zero-order chi connectivity index (χ0) is 16.3. The van der Waals surface area contributed by atoms with Crippen molar-refractivity contribution < 1.29 is 24.1 Å². The molecule has 1 aromatic rings. The fraction of sp³-hybridized carbons (Fsp3) is 0.562. The summed E-state index contributed by atoms with van der Waals surface area (Å²) in [6, 6.07) is 1.56. The predicted octanol–water partition coefficient (Wildman–Crippen LogP) is 3.22. The fourth-order valence-corrected chi connectivity index (χ4v) is 2.75. The van der Waals surface area contributed by atoms with Gasteiger partial charge in [0.1, 0.15) is 0 Å². The molecule has 0 amide bonds. The Labute approximate surface area is 135 Å². The molecule has 1 heterocycles. The highest BCUT2D eigenvalue weighted by atomic mass is 35.5. The van der Waals surface area contributed by atoms with Crippen LogP contribution in [0.1, 0.15) is 50.3 Å². The number of fused-ring (bicyclic) bond motifs is 1. The van der Waals surface area contributed by atoms with Crippen LogP contribution in [0.2, 0.25) is 5.02 Å². The first kappa shape index (κ1) is 16.9. The molecule has 1 aliphatic rings. The predicted molar refractivity (Wildman–Crippen MR) is 82.7 cm³/mol. The highest BCUT2D eigenvalue weighted by molar-refractivity contribution is 6.32. The molecule has 1 aromatic carbocycles. The number of rotatable bonds is 4. The van der Waals surface area contributed by atoms with E-state index in [1.54, 1.807) is 13.0 Å². The first-order valence-corrected chi connectivity index (χ1v) is 7.81. The molecule has 1 atom stereocenters. The second kappa shape index (κ2) is 7.20. The second-order valence-electron chi connectivity index (χ2n) is 5.38. The number of esters is 1. The van der Waals surface area contributed by atoms with Gasteiger partial charge in [-0.15, -0.1) is 0 Å². The summed E-state index contributed by atoms with van der Waals surface area (Å²) < 4.78 is 16.3. The number of hydrogen-bond donors (Lipinski definition) is 1. The molecule has 0 bridgehead atoms. The number of aliphatic hydroxyl groups is 1. The molecular formula is C16H21ClO5. The summed E-state index contributed by atoms with van der Waals surface area (Å²) in [5, 5.41) is 10.6. The molecule has 0 spiro atoms. The van der Waals surface area contributed by atoms with Gasteiger partial charge in [0, 0.05) is 17.5 Å². The Morgan fingerprint density at radius 3 is 2.59 bits per heavy atom. The van der Waals surface area contributed by atoms with Gasteiger partial charge in [-0.25, -0.2) is 4.79 Å². The van der Waals surface area contributed by atoms with Crippen molar-refractivity contribution >= 4 is 17.6 Å². The number of ether oxygens (including phenoxy) is 3. The van der Waals surface area contributed by atoms with E-state index in [1.165, 1.54) is 0 Å². The van der Waals surface area contributed by atoms with Crippen LogP contribution in [0.15, 0.2) is 6.07 Å². The Morgan fingerprint density at radius 1 is 1.36 bits per heavy atom. The normalized spacial score (nSPS) is 15.4. The van der Waals surface area contributed by atoms with Crippen LogP contribution in [0.3, 0.4) is 0 Å². The molecule has 6 heteroatoms. The summed E-state index contributed by atoms with van der Waals surface area (Å²) >= 11 is 6.25. The van der Waals surface area contributed by atoms with Crippen molar-refractivity contribution in [2.24, 2.45) is 0 Å². The van der Waals surface area contributed by atoms with E-state index in [9.17, 15) is 9.90 Å². The van der Waals surface area contributed by atoms with Gasteiger partial charge in [-0.2, -0.15) is 0 Å². The lowest BCUT2D eigenvalue weighted by Gasteiger charge is -2.22. The second-order valence-corrected chi connectivity index (χ2v) is 5.79. The largest absolute Gasteiger partial charge is 0.489 e. The van der Waals surface area contributed by atoms with Gasteiger partial charge in [0.25, 0.3) is 0 Å². The van der Waals surface area contributed by atoms with E-state index in [1.807, 2.05) is 13.8 Å². The van der Waals surface area contributed by atoms with E-state index in [0.717, 1.165) is 12.0 Å². The summed E-state index contributed by atoms with van der Waals surface area (Å²) in [5.41, 5.74) is 1.13. The van der Waals surface area contributed by atoms with Crippen LogP contribution >= 0.6 is 11.6 Å². The Morgan fingerprint density at radius 2 is 2.00 bits per heavy atom. The minimum absolute atomic E-state index is 0.0202. The van der Waals surface area contributed by atoms with E-state index in [0.29, 0.717) is 35.3 Å². The number of aliphatic hydroxyl groups excluding tert-OH is 1. The van der Waals surface area contributed by atoms with Gasteiger partial charge in [0.15, 0.2) is 17.6 Å². The number of benzene rings is 1. The number of hydrogen-bond acceptors (Lipinski definition) is 5. The van der Waals surface area contributed by atoms with E-state index >= 15 is 0 Å². The van der Waals surface area contributed by atoms with Gasteiger partial charge in [0.05, 0.1) is 24.8 Å².